The molecule has 0 atom stereocenters. The Morgan fingerprint density at radius 1 is 1.26 bits per heavy atom. The molecule has 2 heterocycles. The first-order chi connectivity index (χ1) is 9.17. The molecular formula is C16H20N3+. The molecule has 0 aromatic carbocycles. The molecule has 2 aromatic heterocycles. The number of anilines is 1. The number of aryl methyl sites for hydroxylation is 2. The summed E-state index contributed by atoms with van der Waals surface area (Å²) < 4.78 is 2.03. The van der Waals surface area contributed by atoms with Crippen molar-refractivity contribution in [2.75, 3.05) is 5.32 Å². The van der Waals surface area contributed by atoms with Crippen molar-refractivity contribution in [2.45, 2.75) is 20.3 Å². The highest BCUT2D eigenvalue weighted by Crippen LogP contribution is 2.12. The van der Waals surface area contributed by atoms with Crippen LogP contribution >= 0.6 is 0 Å². The lowest BCUT2D eigenvalue weighted by atomic mass is 10.2. The van der Waals surface area contributed by atoms with Gasteiger partial charge in [0, 0.05) is 24.0 Å². The van der Waals surface area contributed by atoms with Crippen LogP contribution in [0.5, 0.6) is 0 Å². The van der Waals surface area contributed by atoms with Crippen LogP contribution in [0.1, 0.15) is 24.5 Å². The zero-order valence-corrected chi connectivity index (χ0v) is 11.7. The van der Waals surface area contributed by atoms with Crippen molar-refractivity contribution in [1.82, 2.24) is 4.98 Å². The van der Waals surface area contributed by atoms with E-state index >= 15 is 0 Å². The van der Waals surface area contributed by atoms with Gasteiger partial charge in [0.25, 0.3) is 0 Å². The molecule has 0 aliphatic heterocycles. The second kappa shape index (κ2) is 6.14. The maximum Gasteiger partial charge on any atom is 0.169 e. The monoisotopic (exact) mass is 254 g/mol. The van der Waals surface area contributed by atoms with E-state index in [-0.39, 0.29) is 0 Å². The van der Waals surface area contributed by atoms with Gasteiger partial charge >= 0.3 is 0 Å². The van der Waals surface area contributed by atoms with Gasteiger partial charge in [-0.3, -0.25) is 0 Å². The number of rotatable bonds is 4. The highest BCUT2D eigenvalue weighted by atomic mass is 15.0. The minimum atomic E-state index is 0.889. The Morgan fingerprint density at radius 2 is 2.00 bits per heavy atom. The third-order valence-corrected chi connectivity index (χ3v) is 2.93. The van der Waals surface area contributed by atoms with Crippen LogP contribution < -0.4 is 9.88 Å². The highest BCUT2D eigenvalue weighted by molar-refractivity contribution is 5.57. The lowest BCUT2D eigenvalue weighted by Gasteiger charge is -2.08. The third kappa shape index (κ3) is 3.91. The van der Waals surface area contributed by atoms with Crippen LogP contribution in [0, 0.1) is 6.92 Å². The fraction of sp³-hybridized carbons (Fsp3) is 0.250. The molecule has 0 fully saturated rings. The SMILES string of the molecule is CCC(=Cc1cc[n+](C)cc1)Nc1ccc(C)cn1. The molecule has 0 aliphatic rings. The van der Waals surface area contributed by atoms with Gasteiger partial charge in [-0.25, -0.2) is 9.55 Å². The Kier molecular flexibility index (Phi) is 4.29. The second-order valence-corrected chi connectivity index (χ2v) is 4.67. The summed E-state index contributed by atoms with van der Waals surface area (Å²) in [5, 5.41) is 3.36. The van der Waals surface area contributed by atoms with Crippen LogP contribution in [0.4, 0.5) is 5.82 Å². The van der Waals surface area contributed by atoms with Crippen LogP contribution in [-0.2, 0) is 7.05 Å². The van der Waals surface area contributed by atoms with Gasteiger partial charge in [-0.15, -0.1) is 0 Å². The summed E-state index contributed by atoms with van der Waals surface area (Å²) in [6.45, 7) is 4.17. The lowest BCUT2D eigenvalue weighted by molar-refractivity contribution is -0.671. The minimum Gasteiger partial charge on any atom is -0.344 e. The molecule has 0 aliphatic carbocycles. The van der Waals surface area contributed by atoms with Gasteiger partial charge in [0.2, 0.25) is 0 Å². The molecule has 19 heavy (non-hydrogen) atoms. The van der Waals surface area contributed by atoms with E-state index in [0.717, 1.165) is 17.9 Å². The predicted octanol–water partition coefficient (Wildman–Crippen LogP) is 3.08. The molecule has 98 valence electrons. The molecule has 0 amide bonds. The average molecular weight is 254 g/mol. The first-order valence-electron chi connectivity index (χ1n) is 6.53. The van der Waals surface area contributed by atoms with Crippen molar-refractivity contribution in [3.63, 3.8) is 0 Å². The van der Waals surface area contributed by atoms with E-state index in [1.807, 2.05) is 43.2 Å². The first-order valence-corrected chi connectivity index (χ1v) is 6.53. The van der Waals surface area contributed by atoms with E-state index in [2.05, 4.69) is 41.5 Å². The van der Waals surface area contributed by atoms with Crippen molar-refractivity contribution in [3.8, 4) is 0 Å². The molecular weight excluding hydrogens is 234 g/mol. The van der Waals surface area contributed by atoms with Gasteiger partial charge in [-0.2, -0.15) is 0 Å². The summed E-state index contributed by atoms with van der Waals surface area (Å²) in [7, 11) is 2.02. The number of pyridine rings is 2. The molecule has 2 aromatic rings. The molecule has 2 rings (SSSR count). The summed E-state index contributed by atoms with van der Waals surface area (Å²) in [6.07, 6.45) is 9.06. The van der Waals surface area contributed by atoms with Gasteiger partial charge in [0.15, 0.2) is 12.4 Å². The number of hydrogen-bond acceptors (Lipinski definition) is 2. The maximum absolute atomic E-state index is 4.37. The maximum atomic E-state index is 4.37. The van der Waals surface area contributed by atoms with Gasteiger partial charge < -0.3 is 5.32 Å². The standard InChI is InChI=1S/C16H19N3/c1-4-15(11-14-7-9-19(3)10-8-14)18-16-6-5-13(2)12-17-16/h5-12H,4H2,1-3H3/p+1. The largest absolute Gasteiger partial charge is 0.344 e. The number of nitrogens with zero attached hydrogens (tertiary/aromatic N) is 2. The Balaban J connectivity index is 2.15. The van der Waals surface area contributed by atoms with Crippen LogP contribution in [0.2, 0.25) is 0 Å². The van der Waals surface area contributed by atoms with Gasteiger partial charge in [-0.1, -0.05) is 13.0 Å². The Labute approximate surface area is 114 Å². The number of aromatic nitrogens is 2. The number of nitrogens with one attached hydrogen (secondary N) is 1. The van der Waals surface area contributed by atoms with Crippen molar-refractivity contribution < 1.29 is 4.57 Å². The van der Waals surface area contributed by atoms with E-state index < -0.39 is 0 Å². The average Bonchev–Trinajstić information content (AvgIpc) is 2.43. The van der Waals surface area contributed by atoms with Gasteiger partial charge in [0.05, 0.1) is 0 Å². The first kappa shape index (κ1) is 13.3. The molecule has 0 saturated heterocycles. The topological polar surface area (TPSA) is 28.8 Å². The molecule has 0 bridgehead atoms. The molecule has 1 N–H and O–H groups in total. The van der Waals surface area contributed by atoms with Gasteiger partial charge in [-0.05, 0) is 36.6 Å². The third-order valence-electron chi connectivity index (χ3n) is 2.93. The van der Waals surface area contributed by atoms with E-state index in [4.69, 9.17) is 0 Å². The predicted molar refractivity (Wildman–Crippen MR) is 78.5 cm³/mol. The Bertz CT molecular complexity index is 554. The summed E-state index contributed by atoms with van der Waals surface area (Å²) in [5.74, 6) is 0.889. The van der Waals surface area contributed by atoms with Gasteiger partial charge in [0.1, 0.15) is 12.9 Å². The zero-order valence-electron chi connectivity index (χ0n) is 11.7. The summed E-state index contributed by atoms with van der Waals surface area (Å²) in [6, 6.07) is 8.26. The lowest BCUT2D eigenvalue weighted by Crippen LogP contribution is -2.25. The van der Waals surface area contributed by atoms with Crippen molar-refractivity contribution in [1.29, 1.82) is 0 Å². The Hall–Kier alpha value is -2.16. The van der Waals surface area contributed by atoms with Crippen LogP contribution in [0.15, 0.2) is 48.6 Å². The van der Waals surface area contributed by atoms with Crippen molar-refractivity contribution in [2.24, 2.45) is 7.05 Å². The normalized spacial score (nSPS) is 11.4. The summed E-state index contributed by atoms with van der Waals surface area (Å²) >= 11 is 0. The molecule has 3 heteroatoms. The van der Waals surface area contributed by atoms with Crippen LogP contribution in [-0.4, -0.2) is 4.98 Å². The minimum absolute atomic E-state index is 0.889. The smallest absolute Gasteiger partial charge is 0.169 e. The van der Waals surface area contributed by atoms with E-state index in [0.29, 0.717) is 0 Å². The van der Waals surface area contributed by atoms with E-state index in [1.54, 1.807) is 0 Å². The quantitative estimate of drug-likeness (QED) is 0.849. The Morgan fingerprint density at radius 3 is 2.58 bits per heavy atom. The molecule has 0 spiro atoms. The van der Waals surface area contributed by atoms with Crippen molar-refractivity contribution in [3.05, 3.63) is 59.7 Å². The van der Waals surface area contributed by atoms with Crippen molar-refractivity contribution >= 4 is 11.9 Å². The number of allylic oxidation sites excluding steroid dienone is 1. The van der Waals surface area contributed by atoms with Crippen LogP contribution in [0.25, 0.3) is 6.08 Å². The fourth-order valence-corrected chi connectivity index (χ4v) is 1.74. The fourth-order valence-electron chi connectivity index (χ4n) is 1.74. The van der Waals surface area contributed by atoms with E-state index in [1.165, 1.54) is 11.1 Å². The molecule has 0 saturated carbocycles. The molecule has 0 radical (unpaired) electrons. The molecule has 0 unspecified atom stereocenters. The van der Waals surface area contributed by atoms with E-state index in [9.17, 15) is 0 Å². The molecule has 3 nitrogen and oxygen atoms in total. The summed E-state index contributed by atoms with van der Waals surface area (Å²) in [5.41, 5.74) is 3.52. The number of hydrogen-bond donors (Lipinski definition) is 1. The van der Waals surface area contributed by atoms with Crippen LogP contribution in [0.3, 0.4) is 0 Å². The second-order valence-electron chi connectivity index (χ2n) is 4.67. The zero-order chi connectivity index (χ0) is 13.7. The summed E-state index contributed by atoms with van der Waals surface area (Å²) in [4.78, 5) is 4.37. The highest BCUT2D eigenvalue weighted by Gasteiger charge is 1.99.